The van der Waals surface area contributed by atoms with Crippen molar-refractivity contribution in [1.82, 2.24) is 9.80 Å². The number of ether oxygens (including phenoxy) is 5. The summed E-state index contributed by atoms with van der Waals surface area (Å²) in [6.45, 7) is 2.61. The van der Waals surface area contributed by atoms with Crippen LogP contribution in [0.1, 0.15) is 30.4 Å². The number of carbonyl (C=O) groups excluding carboxylic acids is 1. The number of fused-ring (bicyclic) bond motifs is 1. The minimum absolute atomic E-state index is 0.0134. The van der Waals surface area contributed by atoms with Gasteiger partial charge in [0.1, 0.15) is 6.23 Å². The number of likely N-dealkylation sites (tertiary alicyclic amines) is 1. The summed E-state index contributed by atoms with van der Waals surface area (Å²) in [5.41, 5.74) is 2.03. The van der Waals surface area contributed by atoms with Gasteiger partial charge in [0.05, 0.1) is 21.3 Å². The van der Waals surface area contributed by atoms with Crippen LogP contribution in [0.2, 0.25) is 0 Å². The highest BCUT2D eigenvalue weighted by Crippen LogP contribution is 2.39. The molecule has 9 heteroatoms. The van der Waals surface area contributed by atoms with Crippen molar-refractivity contribution in [1.29, 1.82) is 0 Å². The number of methoxy groups -OCH3 is 3. The van der Waals surface area contributed by atoms with Gasteiger partial charge < -0.3 is 33.7 Å². The van der Waals surface area contributed by atoms with Crippen LogP contribution < -0.4 is 23.7 Å². The van der Waals surface area contributed by atoms with Crippen molar-refractivity contribution >= 4 is 5.91 Å². The van der Waals surface area contributed by atoms with E-state index in [1.54, 1.807) is 26.2 Å². The molecule has 1 amide bonds. The molecule has 0 bridgehead atoms. The number of hydrogen-bond acceptors (Lipinski definition) is 8. The first-order valence-electron chi connectivity index (χ1n) is 11.4. The Kier molecular flexibility index (Phi) is 7.64. The highest BCUT2D eigenvalue weighted by molar-refractivity contribution is 5.78. The van der Waals surface area contributed by atoms with Gasteiger partial charge in [0.2, 0.25) is 18.4 Å². The first kappa shape index (κ1) is 24.0. The average molecular weight is 473 g/mol. The average Bonchev–Trinajstić information content (AvgIpc) is 3.50. The third kappa shape index (κ3) is 5.31. The number of rotatable bonds is 11. The Morgan fingerprint density at radius 3 is 2.35 bits per heavy atom. The highest BCUT2D eigenvalue weighted by atomic mass is 16.7. The van der Waals surface area contributed by atoms with Crippen LogP contribution in [0.25, 0.3) is 0 Å². The topological polar surface area (TPSA) is 89.9 Å². The fourth-order valence-electron chi connectivity index (χ4n) is 4.43. The van der Waals surface area contributed by atoms with Crippen LogP contribution in [0.3, 0.4) is 0 Å². The van der Waals surface area contributed by atoms with Gasteiger partial charge in [-0.3, -0.25) is 9.69 Å². The fourth-order valence-corrected chi connectivity index (χ4v) is 4.43. The molecule has 0 spiro atoms. The SMILES string of the molecule is COc1cc(CN(CCC(O)N2CCCC2=O)Cc2ccc3c(c2)OCO3)cc(OC)c1OC. The number of hydrogen-bond donors (Lipinski definition) is 1. The van der Waals surface area contributed by atoms with E-state index in [0.717, 1.165) is 29.0 Å². The zero-order valence-electron chi connectivity index (χ0n) is 19.9. The molecule has 2 aromatic carbocycles. The van der Waals surface area contributed by atoms with Crippen molar-refractivity contribution in [2.45, 2.75) is 38.6 Å². The summed E-state index contributed by atoms with van der Waals surface area (Å²) >= 11 is 0. The molecule has 2 aliphatic rings. The second-order valence-electron chi connectivity index (χ2n) is 8.39. The number of benzene rings is 2. The Bertz CT molecular complexity index is 988. The van der Waals surface area contributed by atoms with Gasteiger partial charge in [0.15, 0.2) is 23.0 Å². The molecular weight excluding hydrogens is 440 g/mol. The molecule has 184 valence electrons. The van der Waals surface area contributed by atoms with Crippen LogP contribution in [-0.4, -0.2) is 68.3 Å². The third-order valence-corrected chi connectivity index (χ3v) is 6.15. The van der Waals surface area contributed by atoms with Gasteiger partial charge in [-0.25, -0.2) is 0 Å². The van der Waals surface area contributed by atoms with Crippen molar-refractivity contribution in [3.8, 4) is 28.7 Å². The third-order valence-electron chi connectivity index (χ3n) is 6.15. The summed E-state index contributed by atoms with van der Waals surface area (Å²) in [5.74, 6) is 3.19. The number of nitrogens with zero attached hydrogens (tertiary/aromatic N) is 2. The Morgan fingerprint density at radius 1 is 1.00 bits per heavy atom. The monoisotopic (exact) mass is 472 g/mol. The standard InChI is InChI=1S/C25H32N2O7/c1-30-21-12-18(13-22(31-2)25(21)32-3)15-26(10-8-24(29)27-9-4-5-23(27)28)14-17-6-7-19-20(11-17)34-16-33-19/h6-7,11-13,24,29H,4-5,8-10,14-16H2,1-3H3. The molecule has 9 nitrogen and oxygen atoms in total. The van der Waals surface area contributed by atoms with Gasteiger partial charge in [-0.15, -0.1) is 0 Å². The van der Waals surface area contributed by atoms with Crippen LogP contribution in [0.15, 0.2) is 30.3 Å². The quantitative estimate of drug-likeness (QED) is 0.534. The molecule has 0 saturated carbocycles. The zero-order chi connectivity index (χ0) is 24.1. The van der Waals surface area contributed by atoms with Gasteiger partial charge in [0.25, 0.3) is 0 Å². The predicted molar refractivity (Wildman–Crippen MR) is 124 cm³/mol. The summed E-state index contributed by atoms with van der Waals surface area (Å²) < 4.78 is 27.4. The molecule has 0 aliphatic carbocycles. The lowest BCUT2D eigenvalue weighted by Crippen LogP contribution is -2.38. The molecule has 34 heavy (non-hydrogen) atoms. The first-order chi connectivity index (χ1) is 16.5. The van der Waals surface area contributed by atoms with E-state index < -0.39 is 6.23 Å². The summed E-state index contributed by atoms with van der Waals surface area (Å²) in [7, 11) is 4.76. The van der Waals surface area contributed by atoms with Gasteiger partial charge in [0, 0.05) is 39.0 Å². The normalized spacial score (nSPS) is 15.7. The second kappa shape index (κ2) is 10.8. The molecule has 1 fully saturated rings. The van der Waals surface area contributed by atoms with Crippen LogP contribution in [0.4, 0.5) is 0 Å². The second-order valence-corrected chi connectivity index (χ2v) is 8.39. The largest absolute Gasteiger partial charge is 0.493 e. The minimum atomic E-state index is -0.797. The van der Waals surface area contributed by atoms with E-state index in [9.17, 15) is 9.90 Å². The van der Waals surface area contributed by atoms with Crippen LogP contribution >= 0.6 is 0 Å². The Morgan fingerprint density at radius 2 is 1.71 bits per heavy atom. The summed E-state index contributed by atoms with van der Waals surface area (Å²) in [6.07, 6.45) is 0.945. The van der Waals surface area contributed by atoms with Crippen molar-refractivity contribution in [3.05, 3.63) is 41.5 Å². The van der Waals surface area contributed by atoms with E-state index >= 15 is 0 Å². The minimum Gasteiger partial charge on any atom is -0.493 e. The molecule has 4 rings (SSSR count). The summed E-state index contributed by atoms with van der Waals surface area (Å²) in [6, 6.07) is 9.75. The van der Waals surface area contributed by atoms with E-state index in [4.69, 9.17) is 23.7 Å². The molecule has 1 N–H and O–H groups in total. The lowest BCUT2D eigenvalue weighted by atomic mass is 10.1. The molecule has 2 aliphatic heterocycles. The summed E-state index contributed by atoms with van der Waals surface area (Å²) in [4.78, 5) is 15.8. The molecule has 2 heterocycles. The van der Waals surface area contributed by atoms with Crippen LogP contribution in [-0.2, 0) is 17.9 Å². The van der Waals surface area contributed by atoms with Crippen LogP contribution in [0, 0.1) is 0 Å². The number of aliphatic hydroxyl groups excluding tert-OH is 1. The van der Waals surface area contributed by atoms with Gasteiger partial charge >= 0.3 is 0 Å². The van der Waals surface area contributed by atoms with Crippen molar-refractivity contribution < 1.29 is 33.6 Å². The van der Waals surface area contributed by atoms with E-state index in [2.05, 4.69) is 4.90 Å². The highest BCUT2D eigenvalue weighted by Gasteiger charge is 2.27. The molecule has 0 radical (unpaired) electrons. The lowest BCUT2D eigenvalue weighted by Gasteiger charge is -2.28. The molecule has 2 aromatic rings. The van der Waals surface area contributed by atoms with Crippen molar-refractivity contribution in [2.24, 2.45) is 0 Å². The molecule has 1 unspecified atom stereocenters. The van der Waals surface area contributed by atoms with Gasteiger partial charge in [-0.1, -0.05) is 6.07 Å². The first-order valence-corrected chi connectivity index (χ1v) is 11.4. The zero-order valence-corrected chi connectivity index (χ0v) is 19.9. The van der Waals surface area contributed by atoms with E-state index in [0.29, 0.717) is 56.3 Å². The smallest absolute Gasteiger partial charge is 0.231 e. The maximum Gasteiger partial charge on any atom is 0.231 e. The maximum absolute atomic E-state index is 12.0. The number of amides is 1. The van der Waals surface area contributed by atoms with Gasteiger partial charge in [-0.2, -0.15) is 0 Å². The molecule has 0 aromatic heterocycles. The van der Waals surface area contributed by atoms with E-state index in [-0.39, 0.29) is 12.7 Å². The Hall–Kier alpha value is -3.17. The summed E-state index contributed by atoms with van der Waals surface area (Å²) in [5, 5.41) is 10.6. The van der Waals surface area contributed by atoms with Crippen LogP contribution in [0.5, 0.6) is 28.7 Å². The Labute approximate surface area is 199 Å². The molecule has 1 atom stereocenters. The van der Waals surface area contributed by atoms with Crippen molar-refractivity contribution in [3.63, 3.8) is 0 Å². The number of aliphatic hydroxyl groups is 1. The fraction of sp³-hybridized carbons (Fsp3) is 0.480. The Balaban J connectivity index is 1.53. The lowest BCUT2D eigenvalue weighted by molar-refractivity contribution is -0.136. The number of carbonyl (C=O) groups is 1. The van der Waals surface area contributed by atoms with Crippen molar-refractivity contribution in [2.75, 3.05) is 41.2 Å². The van der Waals surface area contributed by atoms with Gasteiger partial charge in [-0.05, 0) is 41.8 Å². The molecule has 1 saturated heterocycles. The predicted octanol–water partition coefficient (Wildman–Crippen LogP) is 2.77. The van der Waals surface area contributed by atoms with E-state index in [1.807, 2.05) is 30.3 Å². The maximum atomic E-state index is 12.0. The molecular formula is C25H32N2O7. The van der Waals surface area contributed by atoms with E-state index in [1.165, 1.54) is 0 Å².